The van der Waals surface area contributed by atoms with Crippen LogP contribution in [0.1, 0.15) is 22.7 Å². The van der Waals surface area contributed by atoms with Crippen LogP contribution in [0, 0.1) is 25.2 Å². The van der Waals surface area contributed by atoms with E-state index >= 15 is 0 Å². The second-order valence-electron chi connectivity index (χ2n) is 4.18. The van der Waals surface area contributed by atoms with Gasteiger partial charge >= 0.3 is 0 Å². The van der Waals surface area contributed by atoms with E-state index in [2.05, 4.69) is 21.5 Å². The molecule has 0 saturated heterocycles. The first-order chi connectivity index (χ1) is 9.10. The lowest BCUT2D eigenvalue weighted by Crippen LogP contribution is -2.08. The number of hydrogen-bond donors (Lipinski definition) is 1. The summed E-state index contributed by atoms with van der Waals surface area (Å²) in [6.07, 6.45) is 0.932. The van der Waals surface area contributed by atoms with E-state index in [0.717, 1.165) is 25.2 Å². The van der Waals surface area contributed by atoms with Gasteiger partial charge in [0, 0.05) is 18.8 Å². The maximum atomic E-state index is 8.78. The largest absolute Gasteiger partial charge is 0.361 e. The SMILES string of the molecule is Cc1cc(C)n(CCCNc2nc(Cl)c(C#N)s2)n1. The van der Waals surface area contributed by atoms with Crippen molar-refractivity contribution in [1.82, 2.24) is 14.8 Å². The third kappa shape index (κ3) is 3.46. The zero-order valence-corrected chi connectivity index (χ0v) is 12.3. The Labute approximate surface area is 120 Å². The number of hydrogen-bond acceptors (Lipinski definition) is 5. The summed E-state index contributed by atoms with van der Waals surface area (Å²) >= 11 is 7.08. The van der Waals surface area contributed by atoms with Gasteiger partial charge in [-0.3, -0.25) is 4.68 Å². The van der Waals surface area contributed by atoms with E-state index in [0.29, 0.717) is 10.0 Å². The highest BCUT2D eigenvalue weighted by atomic mass is 35.5. The van der Waals surface area contributed by atoms with Crippen LogP contribution in [0.25, 0.3) is 0 Å². The van der Waals surface area contributed by atoms with Crippen LogP contribution in [-0.4, -0.2) is 21.3 Å². The Bertz CT molecular complexity index is 610. The van der Waals surface area contributed by atoms with E-state index in [1.165, 1.54) is 17.0 Å². The van der Waals surface area contributed by atoms with Crippen molar-refractivity contribution in [3.63, 3.8) is 0 Å². The molecule has 0 amide bonds. The van der Waals surface area contributed by atoms with Crippen LogP contribution in [0.15, 0.2) is 6.07 Å². The smallest absolute Gasteiger partial charge is 0.185 e. The number of anilines is 1. The van der Waals surface area contributed by atoms with Crippen LogP contribution in [0.2, 0.25) is 5.15 Å². The average Bonchev–Trinajstić information content (AvgIpc) is 2.87. The minimum absolute atomic E-state index is 0.272. The molecule has 7 heteroatoms. The molecule has 100 valence electrons. The van der Waals surface area contributed by atoms with Crippen molar-refractivity contribution in [2.45, 2.75) is 26.8 Å². The molecule has 2 rings (SSSR count). The highest BCUT2D eigenvalue weighted by Gasteiger charge is 2.07. The summed E-state index contributed by atoms with van der Waals surface area (Å²) in [5.41, 5.74) is 2.21. The molecule has 5 nitrogen and oxygen atoms in total. The predicted octanol–water partition coefficient (Wildman–Crippen LogP) is 2.98. The molecular weight excluding hydrogens is 282 g/mol. The Balaban J connectivity index is 1.81. The lowest BCUT2D eigenvalue weighted by Gasteiger charge is -2.05. The summed E-state index contributed by atoms with van der Waals surface area (Å²) in [5.74, 6) is 0. The molecule has 0 fully saturated rings. The predicted molar refractivity (Wildman–Crippen MR) is 76.6 cm³/mol. The number of halogens is 1. The molecule has 0 aliphatic heterocycles. The van der Waals surface area contributed by atoms with Gasteiger partial charge in [-0.25, -0.2) is 4.98 Å². The number of rotatable bonds is 5. The molecule has 0 bridgehead atoms. The zero-order chi connectivity index (χ0) is 13.8. The molecule has 0 spiro atoms. The van der Waals surface area contributed by atoms with Gasteiger partial charge in [0.05, 0.1) is 5.69 Å². The van der Waals surface area contributed by atoms with Gasteiger partial charge in [0.1, 0.15) is 10.9 Å². The van der Waals surface area contributed by atoms with Gasteiger partial charge in [0.15, 0.2) is 10.3 Å². The first-order valence-corrected chi connectivity index (χ1v) is 7.11. The molecule has 0 unspecified atom stereocenters. The van der Waals surface area contributed by atoms with Crippen LogP contribution in [0.5, 0.6) is 0 Å². The van der Waals surface area contributed by atoms with Gasteiger partial charge in [-0.05, 0) is 26.3 Å². The lowest BCUT2D eigenvalue weighted by atomic mass is 10.4. The number of nitriles is 1. The zero-order valence-electron chi connectivity index (χ0n) is 10.8. The molecule has 2 aromatic heterocycles. The lowest BCUT2D eigenvalue weighted by molar-refractivity contribution is 0.573. The molecule has 0 atom stereocenters. The monoisotopic (exact) mass is 295 g/mol. The summed E-state index contributed by atoms with van der Waals surface area (Å²) < 4.78 is 1.99. The molecule has 0 saturated carbocycles. The van der Waals surface area contributed by atoms with Crippen LogP contribution in [0.4, 0.5) is 5.13 Å². The van der Waals surface area contributed by atoms with Gasteiger partial charge in [-0.2, -0.15) is 10.4 Å². The van der Waals surface area contributed by atoms with E-state index in [9.17, 15) is 0 Å². The Kier molecular flexibility index (Phi) is 4.40. The average molecular weight is 296 g/mol. The fourth-order valence-electron chi connectivity index (χ4n) is 1.77. The third-order valence-corrected chi connectivity index (χ3v) is 3.92. The van der Waals surface area contributed by atoms with Crippen LogP contribution in [-0.2, 0) is 6.54 Å². The highest BCUT2D eigenvalue weighted by Crippen LogP contribution is 2.25. The second kappa shape index (κ2) is 6.04. The van der Waals surface area contributed by atoms with Crippen LogP contribution >= 0.6 is 22.9 Å². The summed E-state index contributed by atoms with van der Waals surface area (Å²) in [7, 11) is 0. The van der Waals surface area contributed by atoms with Gasteiger partial charge < -0.3 is 5.32 Å². The van der Waals surface area contributed by atoms with Crippen molar-refractivity contribution in [2.24, 2.45) is 0 Å². The number of nitrogens with zero attached hydrogens (tertiary/aromatic N) is 4. The topological polar surface area (TPSA) is 66.5 Å². The molecule has 0 aliphatic carbocycles. The number of aryl methyl sites for hydroxylation is 3. The van der Waals surface area contributed by atoms with E-state index < -0.39 is 0 Å². The summed E-state index contributed by atoms with van der Waals surface area (Å²) in [6.45, 7) is 5.67. The Morgan fingerprint density at radius 2 is 2.32 bits per heavy atom. The first-order valence-electron chi connectivity index (χ1n) is 5.91. The van der Waals surface area contributed by atoms with Crippen molar-refractivity contribution in [3.05, 3.63) is 27.5 Å². The van der Waals surface area contributed by atoms with Crippen LogP contribution in [0.3, 0.4) is 0 Å². The summed E-state index contributed by atoms with van der Waals surface area (Å²) in [6, 6.07) is 4.07. The maximum Gasteiger partial charge on any atom is 0.185 e. The minimum atomic E-state index is 0.272. The van der Waals surface area contributed by atoms with Crippen molar-refractivity contribution < 1.29 is 0 Å². The molecule has 2 aromatic rings. The maximum absolute atomic E-state index is 8.78. The van der Waals surface area contributed by atoms with Crippen molar-refractivity contribution >= 4 is 28.1 Å². The summed E-state index contributed by atoms with van der Waals surface area (Å²) in [5, 5.41) is 17.3. The van der Waals surface area contributed by atoms with E-state index in [-0.39, 0.29) is 5.15 Å². The quantitative estimate of drug-likeness (QED) is 0.861. The molecule has 0 radical (unpaired) electrons. The van der Waals surface area contributed by atoms with Gasteiger partial charge in [0.2, 0.25) is 0 Å². The molecule has 2 heterocycles. The van der Waals surface area contributed by atoms with E-state index in [1.807, 2.05) is 24.6 Å². The van der Waals surface area contributed by atoms with Crippen molar-refractivity contribution in [2.75, 3.05) is 11.9 Å². The van der Waals surface area contributed by atoms with Gasteiger partial charge in [0.25, 0.3) is 0 Å². The van der Waals surface area contributed by atoms with Gasteiger partial charge in [-0.15, -0.1) is 0 Å². The Morgan fingerprint density at radius 1 is 1.53 bits per heavy atom. The Morgan fingerprint density at radius 3 is 2.89 bits per heavy atom. The third-order valence-electron chi connectivity index (χ3n) is 2.61. The Hall–Kier alpha value is -1.58. The number of nitrogens with one attached hydrogen (secondary N) is 1. The first kappa shape index (κ1) is 13.8. The van der Waals surface area contributed by atoms with Crippen molar-refractivity contribution in [1.29, 1.82) is 5.26 Å². The fourth-order valence-corrected chi connectivity index (χ4v) is 2.74. The molecule has 1 N–H and O–H groups in total. The highest BCUT2D eigenvalue weighted by molar-refractivity contribution is 7.16. The molecule has 0 aromatic carbocycles. The number of thiazole rings is 1. The second-order valence-corrected chi connectivity index (χ2v) is 5.54. The van der Waals surface area contributed by atoms with E-state index in [1.54, 1.807) is 0 Å². The fraction of sp³-hybridized carbons (Fsp3) is 0.417. The molecular formula is C12H14ClN5S. The molecule has 19 heavy (non-hydrogen) atoms. The van der Waals surface area contributed by atoms with Crippen molar-refractivity contribution in [3.8, 4) is 6.07 Å². The number of aromatic nitrogens is 3. The summed E-state index contributed by atoms with van der Waals surface area (Å²) in [4.78, 5) is 4.52. The van der Waals surface area contributed by atoms with Crippen LogP contribution < -0.4 is 5.32 Å². The normalized spacial score (nSPS) is 10.4. The standard InChI is InChI=1S/C12H14ClN5S/c1-8-6-9(2)18(17-8)5-3-4-15-12-16-11(13)10(7-14)19-12/h6H,3-5H2,1-2H3,(H,15,16). The minimum Gasteiger partial charge on any atom is -0.361 e. The van der Waals surface area contributed by atoms with Gasteiger partial charge in [-0.1, -0.05) is 22.9 Å². The molecule has 0 aliphatic rings. The van der Waals surface area contributed by atoms with E-state index in [4.69, 9.17) is 16.9 Å².